The molecule has 190 valence electrons. The average Bonchev–Trinajstić information content (AvgIpc) is 2.79. The quantitative estimate of drug-likeness (QED) is 0.229. The van der Waals surface area contributed by atoms with Crippen LogP contribution in [0.5, 0.6) is 0 Å². The molecule has 0 bridgehead atoms. The molecule has 1 rings (SSSR count). The van der Waals surface area contributed by atoms with Crippen LogP contribution in [0.3, 0.4) is 0 Å². The highest BCUT2D eigenvalue weighted by atomic mass is 16.5. The molecule has 0 saturated heterocycles. The van der Waals surface area contributed by atoms with Crippen molar-refractivity contribution in [2.24, 2.45) is 0 Å². The van der Waals surface area contributed by atoms with Gasteiger partial charge in [0, 0.05) is 0 Å². The molecule has 8 nitrogen and oxygen atoms in total. The van der Waals surface area contributed by atoms with Gasteiger partial charge in [-0.05, 0) is 49.7 Å². The maximum Gasteiger partial charge on any atom is 0.339 e. The number of carbonyl (C=O) groups is 4. The maximum absolute atomic E-state index is 13.3. The standard InChI is InChI=1S/C26H38O8/c1-5-9-13-17-19(23(27)28)20(24(29)30)18(14-10-6-2)22(26(32)34-16-12-8-4)21(17)25(31)33-15-11-7-3/h5-16H2,1-4H3,(H,27,28)(H,29,30). The lowest BCUT2D eigenvalue weighted by Crippen LogP contribution is -2.26. The van der Waals surface area contributed by atoms with Crippen molar-refractivity contribution in [2.45, 2.75) is 91.9 Å². The van der Waals surface area contributed by atoms with Gasteiger partial charge in [0.25, 0.3) is 0 Å². The molecule has 0 aliphatic carbocycles. The number of aromatic carboxylic acids is 2. The van der Waals surface area contributed by atoms with Crippen molar-refractivity contribution in [2.75, 3.05) is 13.2 Å². The molecule has 1 aromatic rings. The van der Waals surface area contributed by atoms with Gasteiger partial charge in [0.05, 0.1) is 35.5 Å². The zero-order chi connectivity index (χ0) is 25.7. The summed E-state index contributed by atoms with van der Waals surface area (Å²) in [6.45, 7) is 7.88. The van der Waals surface area contributed by atoms with Crippen LogP contribution in [0.25, 0.3) is 0 Å². The fourth-order valence-corrected chi connectivity index (χ4v) is 3.75. The smallest absolute Gasteiger partial charge is 0.339 e. The van der Waals surface area contributed by atoms with Crippen LogP contribution >= 0.6 is 0 Å². The number of hydrogen-bond donors (Lipinski definition) is 2. The molecule has 0 heterocycles. The number of unbranched alkanes of at least 4 members (excludes halogenated alkanes) is 4. The molecular weight excluding hydrogens is 440 g/mol. The van der Waals surface area contributed by atoms with Crippen LogP contribution in [0.4, 0.5) is 0 Å². The van der Waals surface area contributed by atoms with Crippen LogP contribution in [0.15, 0.2) is 0 Å². The summed E-state index contributed by atoms with van der Waals surface area (Å²) in [6, 6.07) is 0. The topological polar surface area (TPSA) is 127 Å². The summed E-state index contributed by atoms with van der Waals surface area (Å²) in [5.41, 5.74) is -1.18. The summed E-state index contributed by atoms with van der Waals surface area (Å²) >= 11 is 0. The van der Waals surface area contributed by atoms with E-state index in [1.807, 2.05) is 27.7 Å². The fraction of sp³-hybridized carbons (Fsp3) is 0.615. The monoisotopic (exact) mass is 478 g/mol. The Balaban J connectivity index is 4.04. The number of hydrogen-bond acceptors (Lipinski definition) is 6. The lowest BCUT2D eigenvalue weighted by molar-refractivity contribution is 0.0448. The molecule has 0 aromatic heterocycles. The van der Waals surface area contributed by atoms with E-state index in [-0.39, 0.29) is 48.3 Å². The maximum atomic E-state index is 13.3. The van der Waals surface area contributed by atoms with E-state index in [1.165, 1.54) is 0 Å². The van der Waals surface area contributed by atoms with Crippen LogP contribution in [0, 0.1) is 0 Å². The Labute approximate surface area is 201 Å². The van der Waals surface area contributed by atoms with E-state index in [1.54, 1.807) is 0 Å². The van der Waals surface area contributed by atoms with Crippen molar-refractivity contribution in [1.29, 1.82) is 0 Å². The van der Waals surface area contributed by atoms with Crippen LogP contribution < -0.4 is 0 Å². The van der Waals surface area contributed by atoms with Gasteiger partial charge < -0.3 is 19.7 Å². The molecule has 0 amide bonds. The van der Waals surface area contributed by atoms with Crippen molar-refractivity contribution in [1.82, 2.24) is 0 Å². The number of carboxylic acids is 2. The first kappa shape index (κ1) is 29.1. The second-order valence-electron chi connectivity index (χ2n) is 8.25. The summed E-state index contributed by atoms with van der Waals surface area (Å²) in [4.78, 5) is 51.2. The Morgan fingerprint density at radius 3 is 1.15 bits per heavy atom. The van der Waals surface area contributed by atoms with Gasteiger partial charge in [0.2, 0.25) is 0 Å². The number of esters is 2. The third kappa shape index (κ3) is 7.57. The van der Waals surface area contributed by atoms with Gasteiger partial charge in [-0.15, -0.1) is 0 Å². The lowest BCUT2D eigenvalue weighted by Gasteiger charge is -2.22. The van der Waals surface area contributed by atoms with Crippen LogP contribution in [-0.4, -0.2) is 47.3 Å². The summed E-state index contributed by atoms with van der Waals surface area (Å²) in [7, 11) is 0. The molecule has 8 heteroatoms. The van der Waals surface area contributed by atoms with E-state index >= 15 is 0 Å². The molecule has 0 atom stereocenters. The van der Waals surface area contributed by atoms with Gasteiger partial charge in [-0.2, -0.15) is 0 Å². The minimum Gasteiger partial charge on any atom is -0.478 e. The second-order valence-corrected chi connectivity index (χ2v) is 8.25. The van der Waals surface area contributed by atoms with Crippen LogP contribution in [0.2, 0.25) is 0 Å². The third-order valence-corrected chi connectivity index (χ3v) is 5.57. The fourth-order valence-electron chi connectivity index (χ4n) is 3.75. The van der Waals surface area contributed by atoms with Gasteiger partial charge in [0.1, 0.15) is 0 Å². The van der Waals surface area contributed by atoms with Gasteiger partial charge >= 0.3 is 23.9 Å². The van der Waals surface area contributed by atoms with Gasteiger partial charge in [-0.1, -0.05) is 53.4 Å². The van der Waals surface area contributed by atoms with E-state index in [0.717, 1.165) is 12.8 Å². The predicted octanol–water partition coefficient (Wildman–Crippen LogP) is 5.68. The molecule has 0 aliphatic heterocycles. The minimum absolute atomic E-state index is 0.0240. The van der Waals surface area contributed by atoms with Gasteiger partial charge in [-0.3, -0.25) is 0 Å². The first-order valence-electron chi connectivity index (χ1n) is 12.3. The van der Waals surface area contributed by atoms with Gasteiger partial charge in [-0.25, -0.2) is 19.2 Å². The molecular formula is C26H38O8. The lowest BCUT2D eigenvalue weighted by atomic mass is 9.82. The second kappa shape index (κ2) is 15.1. The normalized spacial score (nSPS) is 10.7. The number of benzene rings is 1. The van der Waals surface area contributed by atoms with E-state index < -0.39 is 35.0 Å². The largest absolute Gasteiger partial charge is 0.478 e. The Bertz CT molecular complexity index is 801. The summed E-state index contributed by atoms with van der Waals surface area (Å²) in [5, 5.41) is 20.1. The first-order chi connectivity index (χ1) is 16.3. The van der Waals surface area contributed by atoms with E-state index in [9.17, 15) is 29.4 Å². The average molecular weight is 479 g/mol. The Morgan fingerprint density at radius 1 is 0.559 bits per heavy atom. The Hall–Kier alpha value is -2.90. The van der Waals surface area contributed by atoms with E-state index in [2.05, 4.69) is 0 Å². The number of carbonyl (C=O) groups excluding carboxylic acids is 2. The molecule has 34 heavy (non-hydrogen) atoms. The number of carboxylic acid groups (broad SMARTS) is 2. The SMILES string of the molecule is CCCCOC(=O)c1c(CCCC)c(C(=O)O)c(C(=O)O)c(CCCC)c1C(=O)OCCCC. The molecule has 0 unspecified atom stereocenters. The van der Waals surface area contributed by atoms with Crippen molar-refractivity contribution in [3.05, 3.63) is 33.4 Å². The minimum atomic E-state index is -1.45. The number of rotatable bonds is 16. The summed E-state index contributed by atoms with van der Waals surface area (Å²) in [6.07, 6.45) is 5.39. The van der Waals surface area contributed by atoms with Crippen LogP contribution in [0.1, 0.15) is 132 Å². The first-order valence-corrected chi connectivity index (χ1v) is 12.3. The van der Waals surface area contributed by atoms with Crippen LogP contribution in [-0.2, 0) is 22.3 Å². The van der Waals surface area contributed by atoms with Crippen molar-refractivity contribution < 1.29 is 38.9 Å². The Morgan fingerprint density at radius 2 is 0.882 bits per heavy atom. The highest BCUT2D eigenvalue weighted by Crippen LogP contribution is 2.33. The van der Waals surface area contributed by atoms with Crippen molar-refractivity contribution in [3.63, 3.8) is 0 Å². The zero-order valence-electron chi connectivity index (χ0n) is 20.8. The number of ether oxygens (including phenoxy) is 2. The summed E-state index contributed by atoms with van der Waals surface area (Å²) in [5.74, 6) is -4.54. The molecule has 0 fully saturated rings. The van der Waals surface area contributed by atoms with Gasteiger partial charge in [0.15, 0.2) is 0 Å². The van der Waals surface area contributed by atoms with Crippen molar-refractivity contribution >= 4 is 23.9 Å². The molecule has 0 radical (unpaired) electrons. The summed E-state index contributed by atoms with van der Waals surface area (Å²) < 4.78 is 10.8. The highest BCUT2D eigenvalue weighted by molar-refractivity contribution is 6.13. The predicted molar refractivity (Wildman–Crippen MR) is 128 cm³/mol. The molecule has 0 spiro atoms. The molecule has 0 saturated carbocycles. The van der Waals surface area contributed by atoms with E-state index in [4.69, 9.17) is 9.47 Å². The molecule has 1 aromatic carbocycles. The Kier molecular flexibility index (Phi) is 12.9. The third-order valence-electron chi connectivity index (χ3n) is 5.57. The molecule has 0 aliphatic rings. The zero-order valence-corrected chi connectivity index (χ0v) is 20.8. The van der Waals surface area contributed by atoms with E-state index in [0.29, 0.717) is 38.5 Å². The highest BCUT2D eigenvalue weighted by Gasteiger charge is 2.36. The molecule has 2 N–H and O–H groups in total. The van der Waals surface area contributed by atoms with Crippen molar-refractivity contribution in [3.8, 4) is 0 Å².